The predicted molar refractivity (Wildman–Crippen MR) is 79.5 cm³/mol. The van der Waals surface area contributed by atoms with Crippen LogP contribution in [0.25, 0.3) is 0 Å². The van der Waals surface area contributed by atoms with Crippen molar-refractivity contribution in [2.24, 2.45) is 5.41 Å². The zero-order chi connectivity index (χ0) is 17.6. The Balaban J connectivity index is 2.00. The number of carbonyl (C=O) groups is 1. The highest BCUT2D eigenvalue weighted by molar-refractivity contribution is 7.89. The van der Waals surface area contributed by atoms with Crippen molar-refractivity contribution >= 4 is 15.9 Å². The molecule has 0 bridgehead atoms. The van der Waals surface area contributed by atoms with E-state index in [0.717, 1.165) is 12.1 Å². The number of rotatable bonds is 2. The van der Waals surface area contributed by atoms with E-state index in [2.05, 4.69) is 5.32 Å². The van der Waals surface area contributed by atoms with Crippen molar-refractivity contribution in [2.75, 3.05) is 19.6 Å². The van der Waals surface area contributed by atoms with Crippen molar-refractivity contribution in [3.63, 3.8) is 0 Å². The second kappa shape index (κ2) is 5.73. The van der Waals surface area contributed by atoms with Gasteiger partial charge in [0.1, 0.15) is 0 Å². The second-order valence-electron chi connectivity index (χ2n) is 6.16. The lowest BCUT2D eigenvalue weighted by molar-refractivity contribution is -0.140. The molecule has 0 saturated carbocycles. The Labute approximate surface area is 137 Å². The summed E-state index contributed by atoms with van der Waals surface area (Å²) in [5.74, 6) is -0.582. The maximum absolute atomic E-state index is 13.1. The van der Waals surface area contributed by atoms with Gasteiger partial charge in [-0.15, -0.1) is 0 Å². The van der Waals surface area contributed by atoms with E-state index >= 15 is 0 Å². The zero-order valence-electron chi connectivity index (χ0n) is 12.8. The molecule has 2 saturated heterocycles. The van der Waals surface area contributed by atoms with Gasteiger partial charge in [-0.25, -0.2) is 12.7 Å². The van der Waals surface area contributed by atoms with Crippen LogP contribution >= 0.6 is 0 Å². The van der Waals surface area contributed by atoms with E-state index in [0.29, 0.717) is 42.7 Å². The van der Waals surface area contributed by atoms with Gasteiger partial charge in [0.05, 0.1) is 15.9 Å². The van der Waals surface area contributed by atoms with Crippen LogP contribution in [-0.4, -0.2) is 38.3 Å². The Hall–Kier alpha value is -1.61. The van der Waals surface area contributed by atoms with Crippen LogP contribution < -0.4 is 5.32 Å². The van der Waals surface area contributed by atoms with Crippen LogP contribution in [0.5, 0.6) is 0 Å². The molecular formula is C15H17F3N2O3S. The Bertz CT molecular complexity index is 755. The summed E-state index contributed by atoms with van der Waals surface area (Å²) in [6.07, 6.45) is -3.46. The summed E-state index contributed by atoms with van der Waals surface area (Å²) in [5.41, 5.74) is -2.02. The molecule has 0 unspecified atom stereocenters. The molecule has 0 radical (unpaired) electrons. The van der Waals surface area contributed by atoms with E-state index in [4.69, 9.17) is 0 Å². The molecule has 2 fully saturated rings. The molecule has 2 aliphatic rings. The molecule has 24 heavy (non-hydrogen) atoms. The average Bonchev–Trinajstić information content (AvgIpc) is 2.85. The lowest BCUT2D eigenvalue weighted by Crippen LogP contribution is -2.44. The van der Waals surface area contributed by atoms with Crippen LogP contribution in [0.2, 0.25) is 0 Å². The zero-order valence-corrected chi connectivity index (χ0v) is 13.6. The van der Waals surface area contributed by atoms with Crippen molar-refractivity contribution in [3.8, 4) is 0 Å². The predicted octanol–water partition coefficient (Wildman–Crippen LogP) is 2.00. The number of nitrogens with one attached hydrogen (secondary N) is 1. The standard InChI is InChI=1S/C15H17F3N2O3S/c16-15(17,18)11-3-1-2-4-12(11)24(22,23)20-10-7-14(13(20)21)5-8-19-9-6-14/h1-4,19H,5-10H2. The SMILES string of the molecule is O=C1N(S(=O)(=O)c2ccccc2C(F)(F)F)CCC12CCNCC2. The Morgan fingerprint density at radius 1 is 1.08 bits per heavy atom. The van der Waals surface area contributed by atoms with Crippen LogP contribution in [0.1, 0.15) is 24.8 Å². The minimum Gasteiger partial charge on any atom is -0.317 e. The monoisotopic (exact) mass is 362 g/mol. The lowest BCUT2D eigenvalue weighted by atomic mass is 9.78. The highest BCUT2D eigenvalue weighted by Crippen LogP contribution is 2.43. The van der Waals surface area contributed by atoms with Crippen molar-refractivity contribution in [1.29, 1.82) is 0 Å². The van der Waals surface area contributed by atoms with Gasteiger partial charge in [0, 0.05) is 6.54 Å². The van der Waals surface area contributed by atoms with Gasteiger partial charge in [-0.1, -0.05) is 12.1 Å². The van der Waals surface area contributed by atoms with Gasteiger partial charge < -0.3 is 5.32 Å². The molecular weight excluding hydrogens is 345 g/mol. The van der Waals surface area contributed by atoms with Crippen LogP contribution in [0.4, 0.5) is 13.2 Å². The van der Waals surface area contributed by atoms with E-state index in [1.165, 1.54) is 6.07 Å². The van der Waals surface area contributed by atoms with Crippen LogP contribution in [0.15, 0.2) is 29.2 Å². The van der Waals surface area contributed by atoms with Gasteiger partial charge in [-0.2, -0.15) is 13.2 Å². The summed E-state index contributed by atoms with van der Waals surface area (Å²) in [7, 11) is -4.53. The van der Waals surface area contributed by atoms with E-state index < -0.39 is 38.0 Å². The molecule has 1 N–H and O–H groups in total. The van der Waals surface area contributed by atoms with E-state index in [9.17, 15) is 26.4 Å². The van der Waals surface area contributed by atoms with Crippen molar-refractivity contribution < 1.29 is 26.4 Å². The van der Waals surface area contributed by atoms with Gasteiger partial charge in [-0.05, 0) is 44.5 Å². The van der Waals surface area contributed by atoms with Crippen LogP contribution in [0, 0.1) is 5.41 Å². The average molecular weight is 362 g/mol. The fourth-order valence-electron chi connectivity index (χ4n) is 3.43. The van der Waals surface area contributed by atoms with Gasteiger partial charge in [0.2, 0.25) is 5.91 Å². The number of alkyl halides is 3. The van der Waals surface area contributed by atoms with Crippen molar-refractivity contribution in [2.45, 2.75) is 30.3 Å². The highest BCUT2D eigenvalue weighted by Gasteiger charge is 2.52. The first-order valence-electron chi connectivity index (χ1n) is 7.63. The van der Waals surface area contributed by atoms with Crippen LogP contribution in [-0.2, 0) is 21.0 Å². The molecule has 0 atom stereocenters. The van der Waals surface area contributed by atoms with Gasteiger partial charge in [0.25, 0.3) is 10.0 Å². The Morgan fingerprint density at radius 2 is 1.71 bits per heavy atom. The molecule has 2 heterocycles. The van der Waals surface area contributed by atoms with Crippen molar-refractivity contribution in [3.05, 3.63) is 29.8 Å². The van der Waals surface area contributed by atoms with Gasteiger partial charge in [0.15, 0.2) is 0 Å². The minimum atomic E-state index is -4.81. The highest BCUT2D eigenvalue weighted by atomic mass is 32.2. The molecule has 9 heteroatoms. The first kappa shape index (κ1) is 17.2. The fourth-order valence-corrected chi connectivity index (χ4v) is 5.12. The molecule has 132 valence electrons. The maximum atomic E-state index is 13.1. The lowest BCUT2D eigenvalue weighted by Gasteiger charge is -2.31. The molecule has 3 rings (SSSR count). The summed E-state index contributed by atoms with van der Waals surface area (Å²) in [4.78, 5) is 11.8. The number of hydrogen-bond acceptors (Lipinski definition) is 4. The summed E-state index contributed by atoms with van der Waals surface area (Å²) >= 11 is 0. The Kier molecular flexibility index (Phi) is 4.11. The number of benzene rings is 1. The van der Waals surface area contributed by atoms with E-state index in [-0.39, 0.29) is 6.54 Å². The topological polar surface area (TPSA) is 66.5 Å². The minimum absolute atomic E-state index is 0.0760. The molecule has 1 amide bonds. The molecule has 0 aliphatic carbocycles. The van der Waals surface area contributed by atoms with Crippen LogP contribution in [0.3, 0.4) is 0 Å². The molecule has 1 aromatic rings. The summed E-state index contributed by atoms with van der Waals surface area (Å²) < 4.78 is 65.5. The number of hydrogen-bond donors (Lipinski definition) is 1. The van der Waals surface area contributed by atoms with Gasteiger partial charge >= 0.3 is 6.18 Å². The fraction of sp³-hybridized carbons (Fsp3) is 0.533. The summed E-state index contributed by atoms with van der Waals surface area (Å²) in [6.45, 7) is 1.12. The smallest absolute Gasteiger partial charge is 0.317 e. The summed E-state index contributed by atoms with van der Waals surface area (Å²) in [6, 6.07) is 3.97. The first-order chi connectivity index (χ1) is 11.2. The Morgan fingerprint density at radius 3 is 2.33 bits per heavy atom. The van der Waals surface area contributed by atoms with Crippen molar-refractivity contribution in [1.82, 2.24) is 9.62 Å². The third kappa shape index (κ3) is 2.69. The maximum Gasteiger partial charge on any atom is 0.417 e. The molecule has 1 spiro atoms. The quantitative estimate of drug-likeness (QED) is 0.874. The molecule has 1 aromatic carbocycles. The molecule has 5 nitrogen and oxygen atoms in total. The molecule has 0 aromatic heterocycles. The van der Waals surface area contributed by atoms with E-state index in [1.54, 1.807) is 0 Å². The number of amides is 1. The number of carbonyl (C=O) groups excluding carboxylic acids is 1. The normalized spacial score (nSPS) is 21.5. The van der Waals surface area contributed by atoms with Gasteiger partial charge in [-0.3, -0.25) is 4.79 Å². The largest absolute Gasteiger partial charge is 0.417 e. The summed E-state index contributed by atoms with van der Waals surface area (Å²) in [5, 5.41) is 3.10. The number of nitrogens with zero attached hydrogens (tertiary/aromatic N) is 1. The third-order valence-corrected chi connectivity index (χ3v) is 6.64. The van der Waals surface area contributed by atoms with E-state index in [1.807, 2.05) is 0 Å². The molecule has 2 aliphatic heterocycles. The number of halogens is 3. The second-order valence-corrected chi connectivity index (χ2v) is 7.99. The third-order valence-electron chi connectivity index (χ3n) is 4.79. The number of sulfonamides is 1. The number of piperidine rings is 1. The first-order valence-corrected chi connectivity index (χ1v) is 9.07.